The molecule has 166 valence electrons. The fourth-order valence-electron chi connectivity index (χ4n) is 4.49. The van der Waals surface area contributed by atoms with Crippen LogP contribution in [0.15, 0.2) is 46.5 Å². The Morgan fingerprint density at radius 3 is 2.47 bits per heavy atom. The second-order valence-electron chi connectivity index (χ2n) is 8.84. The lowest BCUT2D eigenvalue weighted by atomic mass is 9.86. The topological polar surface area (TPSA) is 87.9 Å². The number of nitrogens with zero attached hydrogens (tertiary/aromatic N) is 4. The maximum absolute atomic E-state index is 14.8. The van der Waals surface area contributed by atoms with Crippen LogP contribution in [0.25, 0.3) is 16.8 Å². The summed E-state index contributed by atoms with van der Waals surface area (Å²) in [7, 11) is 1.74. The molecule has 0 bridgehead atoms. The highest BCUT2D eigenvalue weighted by Gasteiger charge is 2.28. The predicted octanol–water partition coefficient (Wildman–Crippen LogP) is 3.85. The minimum atomic E-state index is -0.530. The second-order valence-corrected chi connectivity index (χ2v) is 8.84. The fraction of sp³-hybridized carbons (Fsp3) is 0.400. The first-order chi connectivity index (χ1) is 15.3. The zero-order valence-electron chi connectivity index (χ0n) is 18.7. The number of allylic oxidation sites excluding steroid dienone is 4. The van der Waals surface area contributed by atoms with E-state index in [0.29, 0.717) is 42.3 Å². The molecule has 1 aliphatic heterocycles. The summed E-state index contributed by atoms with van der Waals surface area (Å²) in [5.41, 5.74) is 9.89. The SMILES string of the molecule is Cc1ccc(-c2c(C3=CC(F)=C(C#N)C(C)C3)nc(N3CCC(N)CC3)c(=O)n2C)cc1. The summed E-state index contributed by atoms with van der Waals surface area (Å²) < 4.78 is 16.4. The van der Waals surface area contributed by atoms with Crippen molar-refractivity contribution in [2.45, 2.75) is 39.2 Å². The molecule has 32 heavy (non-hydrogen) atoms. The van der Waals surface area contributed by atoms with Crippen LogP contribution in [-0.4, -0.2) is 28.7 Å². The van der Waals surface area contributed by atoms with Crippen LogP contribution in [0.2, 0.25) is 0 Å². The predicted molar refractivity (Wildman–Crippen MR) is 125 cm³/mol. The Morgan fingerprint density at radius 2 is 1.88 bits per heavy atom. The number of nitrogens with two attached hydrogens (primary N) is 1. The average molecular weight is 434 g/mol. The van der Waals surface area contributed by atoms with Crippen molar-refractivity contribution in [2.75, 3.05) is 18.0 Å². The Hall–Kier alpha value is -3.24. The van der Waals surface area contributed by atoms with Crippen LogP contribution in [0.4, 0.5) is 10.2 Å². The van der Waals surface area contributed by atoms with Gasteiger partial charge < -0.3 is 15.2 Å². The van der Waals surface area contributed by atoms with E-state index in [2.05, 4.69) is 0 Å². The zero-order valence-corrected chi connectivity index (χ0v) is 18.7. The Labute approximate surface area is 187 Å². The van der Waals surface area contributed by atoms with Crippen LogP contribution in [0.5, 0.6) is 0 Å². The van der Waals surface area contributed by atoms with Crippen molar-refractivity contribution < 1.29 is 4.39 Å². The maximum atomic E-state index is 14.8. The molecule has 2 aromatic rings. The first-order valence-corrected chi connectivity index (χ1v) is 11.0. The summed E-state index contributed by atoms with van der Waals surface area (Å²) in [6.07, 6.45) is 3.47. The number of piperidine rings is 1. The van der Waals surface area contributed by atoms with E-state index in [0.717, 1.165) is 24.0 Å². The van der Waals surface area contributed by atoms with Gasteiger partial charge in [-0.05, 0) is 43.8 Å². The molecule has 0 radical (unpaired) electrons. The highest BCUT2D eigenvalue weighted by atomic mass is 19.1. The van der Waals surface area contributed by atoms with Gasteiger partial charge in [0, 0.05) is 31.7 Å². The van der Waals surface area contributed by atoms with Gasteiger partial charge in [-0.25, -0.2) is 9.37 Å². The van der Waals surface area contributed by atoms with Crippen LogP contribution in [0.3, 0.4) is 0 Å². The van der Waals surface area contributed by atoms with Crippen molar-refractivity contribution in [3.8, 4) is 17.3 Å². The third-order valence-electron chi connectivity index (χ3n) is 6.44. The number of halogens is 1. The van der Waals surface area contributed by atoms with Crippen molar-refractivity contribution >= 4 is 11.4 Å². The summed E-state index contributed by atoms with van der Waals surface area (Å²) in [5.74, 6) is -0.423. The van der Waals surface area contributed by atoms with Crippen molar-refractivity contribution in [1.82, 2.24) is 9.55 Å². The molecule has 1 aromatic carbocycles. The Morgan fingerprint density at radius 1 is 1.22 bits per heavy atom. The molecular weight excluding hydrogens is 405 g/mol. The molecule has 1 saturated heterocycles. The molecule has 1 aromatic heterocycles. The molecule has 2 heterocycles. The number of hydrogen-bond acceptors (Lipinski definition) is 5. The minimum Gasteiger partial charge on any atom is -0.352 e. The third kappa shape index (κ3) is 3.98. The van der Waals surface area contributed by atoms with Gasteiger partial charge in [-0.2, -0.15) is 5.26 Å². The normalized spacial score (nSPS) is 19.7. The zero-order chi connectivity index (χ0) is 23.0. The molecule has 0 spiro atoms. The van der Waals surface area contributed by atoms with Gasteiger partial charge in [-0.1, -0.05) is 36.8 Å². The molecule has 0 saturated carbocycles. The monoisotopic (exact) mass is 433 g/mol. The number of anilines is 1. The largest absolute Gasteiger partial charge is 0.352 e. The number of hydrogen-bond donors (Lipinski definition) is 1. The lowest BCUT2D eigenvalue weighted by molar-refractivity contribution is 0.496. The molecule has 2 aliphatic rings. The van der Waals surface area contributed by atoms with Crippen molar-refractivity contribution in [1.29, 1.82) is 5.26 Å². The van der Waals surface area contributed by atoms with Crippen LogP contribution in [0, 0.1) is 24.2 Å². The van der Waals surface area contributed by atoms with E-state index in [1.165, 1.54) is 6.08 Å². The third-order valence-corrected chi connectivity index (χ3v) is 6.44. The van der Waals surface area contributed by atoms with Gasteiger partial charge in [0.25, 0.3) is 5.56 Å². The Kier molecular flexibility index (Phi) is 5.98. The summed E-state index contributed by atoms with van der Waals surface area (Å²) in [4.78, 5) is 20.2. The van der Waals surface area contributed by atoms with Crippen molar-refractivity contribution in [3.63, 3.8) is 0 Å². The van der Waals surface area contributed by atoms with E-state index in [1.54, 1.807) is 11.6 Å². The maximum Gasteiger partial charge on any atom is 0.293 e. The van der Waals surface area contributed by atoms with E-state index < -0.39 is 5.83 Å². The van der Waals surface area contributed by atoms with E-state index in [4.69, 9.17) is 10.7 Å². The van der Waals surface area contributed by atoms with E-state index in [-0.39, 0.29) is 23.1 Å². The van der Waals surface area contributed by atoms with E-state index in [1.807, 2.05) is 49.1 Å². The van der Waals surface area contributed by atoms with Gasteiger partial charge in [0.2, 0.25) is 0 Å². The molecule has 6 nitrogen and oxygen atoms in total. The van der Waals surface area contributed by atoms with Crippen LogP contribution in [-0.2, 0) is 7.05 Å². The minimum absolute atomic E-state index is 0.131. The van der Waals surface area contributed by atoms with Crippen molar-refractivity contribution in [2.24, 2.45) is 18.7 Å². The summed E-state index contributed by atoms with van der Waals surface area (Å²) in [6.45, 7) is 5.16. The molecule has 1 aliphatic carbocycles. The number of aryl methyl sites for hydroxylation is 1. The molecule has 7 heteroatoms. The molecule has 0 amide bonds. The van der Waals surface area contributed by atoms with Crippen molar-refractivity contribution in [3.05, 3.63) is 63.4 Å². The number of benzene rings is 1. The number of aromatic nitrogens is 2. The van der Waals surface area contributed by atoms with Gasteiger partial charge >= 0.3 is 0 Å². The van der Waals surface area contributed by atoms with E-state index in [9.17, 15) is 14.4 Å². The Balaban J connectivity index is 1.93. The van der Waals surface area contributed by atoms with Gasteiger partial charge in [-0.3, -0.25) is 4.79 Å². The quantitative estimate of drug-likeness (QED) is 0.794. The highest BCUT2D eigenvalue weighted by Crippen LogP contribution is 2.38. The lowest BCUT2D eigenvalue weighted by Gasteiger charge is -2.32. The van der Waals surface area contributed by atoms with Crippen LogP contribution in [0.1, 0.15) is 37.4 Å². The molecule has 4 rings (SSSR count). The van der Waals surface area contributed by atoms with Gasteiger partial charge in [0.1, 0.15) is 5.83 Å². The molecular formula is C25H28FN5O. The van der Waals surface area contributed by atoms with Crippen LogP contribution < -0.4 is 16.2 Å². The first kappa shape index (κ1) is 22.0. The van der Waals surface area contributed by atoms with Gasteiger partial charge in [0.15, 0.2) is 5.82 Å². The molecule has 1 fully saturated rings. The average Bonchev–Trinajstić information content (AvgIpc) is 2.77. The van der Waals surface area contributed by atoms with Crippen LogP contribution >= 0.6 is 0 Å². The highest BCUT2D eigenvalue weighted by molar-refractivity contribution is 5.80. The summed E-state index contributed by atoms with van der Waals surface area (Å²) in [5, 5.41) is 9.31. The molecule has 2 N–H and O–H groups in total. The molecule has 1 atom stereocenters. The second kappa shape index (κ2) is 8.71. The molecule has 1 unspecified atom stereocenters. The van der Waals surface area contributed by atoms with E-state index >= 15 is 0 Å². The Bertz CT molecular complexity index is 1190. The van der Waals surface area contributed by atoms with Gasteiger partial charge in [0.05, 0.1) is 23.0 Å². The number of rotatable bonds is 3. The number of nitriles is 1. The summed E-state index contributed by atoms with van der Waals surface area (Å²) >= 11 is 0. The lowest BCUT2D eigenvalue weighted by Crippen LogP contribution is -2.43. The first-order valence-electron chi connectivity index (χ1n) is 11.0. The summed E-state index contributed by atoms with van der Waals surface area (Å²) in [6, 6.07) is 9.98. The fourth-order valence-corrected chi connectivity index (χ4v) is 4.49. The standard InChI is InChI=1S/C25H28FN5O/c1-15-4-6-17(7-5-15)23-22(18-12-16(2)20(14-27)21(26)13-18)29-24(25(32)30(23)3)31-10-8-19(28)9-11-31/h4-7,13,16,19H,8-12,28H2,1-3H3. The smallest absolute Gasteiger partial charge is 0.293 e. The van der Waals surface area contributed by atoms with Gasteiger partial charge in [-0.15, -0.1) is 0 Å².